The van der Waals surface area contributed by atoms with Crippen LogP contribution in [0, 0.1) is 0 Å². The average Bonchev–Trinajstić information content (AvgIpc) is 2.45. The normalized spacial score (nSPS) is 13.8. The van der Waals surface area contributed by atoms with E-state index in [2.05, 4.69) is 18.2 Å². The van der Waals surface area contributed by atoms with Crippen molar-refractivity contribution < 1.29 is 5.11 Å². The summed E-state index contributed by atoms with van der Waals surface area (Å²) in [5.74, 6) is 0. The minimum atomic E-state index is -0.829. The largest absolute Gasteiger partial charge is 0.388 e. The van der Waals surface area contributed by atoms with E-state index in [1.165, 1.54) is 5.39 Å². The van der Waals surface area contributed by atoms with E-state index in [0.717, 1.165) is 10.9 Å². The minimum Gasteiger partial charge on any atom is -0.388 e. The van der Waals surface area contributed by atoms with Gasteiger partial charge in [-0.3, -0.25) is 0 Å². The zero-order valence-corrected chi connectivity index (χ0v) is 11.1. The van der Waals surface area contributed by atoms with Crippen molar-refractivity contribution in [3.05, 3.63) is 48.0 Å². The van der Waals surface area contributed by atoms with Gasteiger partial charge in [-0.25, -0.2) is 0 Å². The maximum atomic E-state index is 10.6. The Morgan fingerprint density at radius 3 is 2.33 bits per heavy atom. The Kier molecular flexibility index (Phi) is 3.69. The molecule has 2 heteroatoms. The molecule has 2 aromatic carbocycles. The summed E-state index contributed by atoms with van der Waals surface area (Å²) in [6, 6.07) is 13.9. The van der Waals surface area contributed by atoms with Crippen LogP contribution in [0.4, 0.5) is 0 Å². The molecule has 2 rings (SSSR count). The quantitative estimate of drug-likeness (QED) is 0.864. The van der Waals surface area contributed by atoms with Crippen LogP contribution < -0.4 is 5.73 Å². The molecular formula is C16H21NO. The van der Waals surface area contributed by atoms with Crippen LogP contribution in [0.1, 0.15) is 38.3 Å². The highest BCUT2D eigenvalue weighted by molar-refractivity contribution is 5.86. The van der Waals surface area contributed by atoms with Crippen molar-refractivity contribution in [3.63, 3.8) is 0 Å². The molecule has 0 aliphatic rings. The second-order valence-corrected chi connectivity index (χ2v) is 4.86. The van der Waals surface area contributed by atoms with Gasteiger partial charge in [0.1, 0.15) is 0 Å². The molecule has 0 bridgehead atoms. The third kappa shape index (κ3) is 2.14. The second-order valence-electron chi connectivity index (χ2n) is 4.86. The Balaban J connectivity index is 2.54. The van der Waals surface area contributed by atoms with Crippen LogP contribution in [0.25, 0.3) is 10.8 Å². The highest BCUT2D eigenvalue weighted by Crippen LogP contribution is 2.33. The van der Waals surface area contributed by atoms with Crippen molar-refractivity contribution in [3.8, 4) is 0 Å². The van der Waals surface area contributed by atoms with Gasteiger partial charge in [0.25, 0.3) is 0 Å². The SMILES string of the molecule is CCC(O)(CC)[C@H](N)c1cccc2ccccc12. The Morgan fingerprint density at radius 1 is 1.06 bits per heavy atom. The zero-order valence-electron chi connectivity index (χ0n) is 11.1. The summed E-state index contributed by atoms with van der Waals surface area (Å²) in [5.41, 5.74) is 6.51. The van der Waals surface area contributed by atoms with Crippen molar-refractivity contribution in [2.45, 2.75) is 38.3 Å². The molecule has 0 spiro atoms. The fourth-order valence-electron chi connectivity index (χ4n) is 2.50. The average molecular weight is 243 g/mol. The lowest BCUT2D eigenvalue weighted by molar-refractivity contribution is 0.00609. The number of aliphatic hydroxyl groups is 1. The topological polar surface area (TPSA) is 46.2 Å². The molecule has 0 radical (unpaired) electrons. The van der Waals surface area contributed by atoms with Gasteiger partial charge in [0, 0.05) is 0 Å². The first-order valence-corrected chi connectivity index (χ1v) is 6.58. The fraction of sp³-hybridized carbons (Fsp3) is 0.375. The van der Waals surface area contributed by atoms with Crippen molar-refractivity contribution in [1.29, 1.82) is 0 Å². The minimum absolute atomic E-state index is 0.349. The molecule has 2 nitrogen and oxygen atoms in total. The molecule has 0 fully saturated rings. The number of fused-ring (bicyclic) bond motifs is 1. The predicted octanol–water partition coefficient (Wildman–Crippen LogP) is 3.39. The second kappa shape index (κ2) is 5.09. The molecule has 0 heterocycles. The molecule has 0 aliphatic carbocycles. The molecule has 0 unspecified atom stereocenters. The molecule has 96 valence electrons. The summed E-state index contributed by atoms with van der Waals surface area (Å²) >= 11 is 0. The first-order valence-electron chi connectivity index (χ1n) is 6.58. The molecule has 3 N–H and O–H groups in total. The molecule has 2 aromatic rings. The van der Waals surface area contributed by atoms with E-state index in [1.54, 1.807) is 0 Å². The lowest BCUT2D eigenvalue weighted by atomic mass is 9.83. The standard InChI is InChI=1S/C16H21NO/c1-3-16(18,4-2)15(17)14-11-7-9-12-8-5-6-10-13(12)14/h5-11,15,18H,3-4,17H2,1-2H3/t15-/m1/s1. The van der Waals surface area contributed by atoms with Gasteiger partial charge in [0.05, 0.1) is 11.6 Å². The van der Waals surface area contributed by atoms with E-state index in [-0.39, 0.29) is 6.04 Å². The Morgan fingerprint density at radius 2 is 1.67 bits per heavy atom. The first-order chi connectivity index (χ1) is 8.62. The summed E-state index contributed by atoms with van der Waals surface area (Å²) in [6.07, 6.45) is 1.32. The van der Waals surface area contributed by atoms with E-state index >= 15 is 0 Å². The summed E-state index contributed by atoms with van der Waals surface area (Å²) in [7, 11) is 0. The number of nitrogens with two attached hydrogens (primary N) is 1. The molecule has 1 atom stereocenters. The Labute approximate surface area is 108 Å². The molecule has 0 saturated heterocycles. The third-order valence-corrected chi connectivity index (χ3v) is 3.96. The van der Waals surface area contributed by atoms with Gasteiger partial charge in [-0.2, -0.15) is 0 Å². The number of hydrogen-bond acceptors (Lipinski definition) is 2. The predicted molar refractivity (Wildman–Crippen MR) is 76.4 cm³/mol. The lowest BCUT2D eigenvalue weighted by Gasteiger charge is -2.33. The van der Waals surface area contributed by atoms with E-state index in [4.69, 9.17) is 5.73 Å². The van der Waals surface area contributed by atoms with Crippen LogP contribution in [-0.2, 0) is 0 Å². The van der Waals surface area contributed by atoms with Crippen LogP contribution in [0.5, 0.6) is 0 Å². The molecular weight excluding hydrogens is 222 g/mol. The summed E-state index contributed by atoms with van der Waals surface area (Å²) in [5, 5.41) is 12.9. The van der Waals surface area contributed by atoms with E-state index < -0.39 is 5.60 Å². The van der Waals surface area contributed by atoms with Crippen LogP contribution in [0.2, 0.25) is 0 Å². The van der Waals surface area contributed by atoms with E-state index in [9.17, 15) is 5.11 Å². The van der Waals surface area contributed by atoms with Crippen LogP contribution in [0.15, 0.2) is 42.5 Å². The van der Waals surface area contributed by atoms with Crippen molar-refractivity contribution in [2.24, 2.45) is 5.73 Å². The lowest BCUT2D eigenvalue weighted by Crippen LogP contribution is -2.40. The molecule has 0 aromatic heterocycles. The summed E-state index contributed by atoms with van der Waals surface area (Å²) in [6.45, 7) is 3.96. The van der Waals surface area contributed by atoms with Crippen LogP contribution in [-0.4, -0.2) is 10.7 Å². The Bertz CT molecular complexity index is 526. The molecule has 0 amide bonds. The van der Waals surface area contributed by atoms with Gasteiger partial charge in [-0.1, -0.05) is 56.3 Å². The highest BCUT2D eigenvalue weighted by Gasteiger charge is 2.32. The van der Waals surface area contributed by atoms with E-state index in [1.807, 2.05) is 38.1 Å². The molecule has 0 saturated carbocycles. The maximum absolute atomic E-state index is 10.6. The maximum Gasteiger partial charge on any atom is 0.0834 e. The van der Waals surface area contributed by atoms with Crippen molar-refractivity contribution in [2.75, 3.05) is 0 Å². The van der Waals surface area contributed by atoms with Crippen molar-refractivity contribution >= 4 is 10.8 Å². The zero-order chi connectivity index (χ0) is 13.2. The first kappa shape index (κ1) is 13.1. The molecule has 18 heavy (non-hydrogen) atoms. The number of benzene rings is 2. The number of rotatable bonds is 4. The van der Waals surface area contributed by atoms with Crippen LogP contribution >= 0.6 is 0 Å². The monoisotopic (exact) mass is 243 g/mol. The van der Waals surface area contributed by atoms with Gasteiger partial charge < -0.3 is 10.8 Å². The summed E-state index contributed by atoms with van der Waals surface area (Å²) < 4.78 is 0. The third-order valence-electron chi connectivity index (χ3n) is 3.96. The number of hydrogen-bond donors (Lipinski definition) is 2. The van der Waals surface area contributed by atoms with Crippen molar-refractivity contribution in [1.82, 2.24) is 0 Å². The van der Waals surface area contributed by atoms with Gasteiger partial charge in [-0.05, 0) is 29.2 Å². The fourth-order valence-corrected chi connectivity index (χ4v) is 2.50. The molecule has 0 aliphatic heterocycles. The van der Waals surface area contributed by atoms with Crippen LogP contribution in [0.3, 0.4) is 0 Å². The van der Waals surface area contributed by atoms with Gasteiger partial charge in [0.2, 0.25) is 0 Å². The van der Waals surface area contributed by atoms with E-state index in [0.29, 0.717) is 12.8 Å². The van der Waals surface area contributed by atoms with Gasteiger partial charge in [-0.15, -0.1) is 0 Å². The summed E-state index contributed by atoms with van der Waals surface area (Å²) in [4.78, 5) is 0. The smallest absolute Gasteiger partial charge is 0.0834 e. The van der Waals surface area contributed by atoms with Gasteiger partial charge >= 0.3 is 0 Å². The Hall–Kier alpha value is -1.38. The highest BCUT2D eigenvalue weighted by atomic mass is 16.3. The van der Waals surface area contributed by atoms with Gasteiger partial charge in [0.15, 0.2) is 0 Å².